The van der Waals surface area contributed by atoms with Crippen molar-refractivity contribution in [1.82, 2.24) is 20.0 Å². The van der Waals surface area contributed by atoms with Gasteiger partial charge in [0.2, 0.25) is 11.8 Å². The lowest BCUT2D eigenvalue weighted by molar-refractivity contribution is -0.138. The van der Waals surface area contributed by atoms with Crippen LogP contribution in [0.1, 0.15) is 62.8 Å². The number of carbonyl (C=O) groups excluding carboxylic acids is 2. The van der Waals surface area contributed by atoms with Gasteiger partial charge in [-0.15, -0.1) is 0 Å². The number of carbonyl (C=O) groups is 2. The number of amides is 2. The Balaban J connectivity index is 1.60. The zero-order chi connectivity index (χ0) is 17.1. The Morgan fingerprint density at radius 1 is 1.25 bits per heavy atom. The second-order valence-electron chi connectivity index (χ2n) is 7.22. The van der Waals surface area contributed by atoms with Crippen LogP contribution in [0.15, 0.2) is 6.07 Å². The van der Waals surface area contributed by atoms with Crippen molar-refractivity contribution in [3.63, 3.8) is 0 Å². The van der Waals surface area contributed by atoms with Gasteiger partial charge in [-0.3, -0.25) is 14.7 Å². The molecule has 1 aromatic rings. The molecule has 24 heavy (non-hydrogen) atoms. The molecule has 6 nitrogen and oxygen atoms in total. The third-order valence-corrected chi connectivity index (χ3v) is 5.36. The first kappa shape index (κ1) is 17.0. The van der Waals surface area contributed by atoms with E-state index in [1.54, 1.807) is 6.92 Å². The molecule has 0 radical (unpaired) electrons. The molecule has 6 heteroatoms. The number of aromatic amines is 1. The molecule has 2 atom stereocenters. The Morgan fingerprint density at radius 2 is 2.08 bits per heavy atom. The molecule has 2 amide bonds. The van der Waals surface area contributed by atoms with Gasteiger partial charge in [0, 0.05) is 50.6 Å². The van der Waals surface area contributed by atoms with E-state index in [1.807, 2.05) is 16.7 Å². The normalized spacial score (nSPS) is 24.9. The van der Waals surface area contributed by atoms with E-state index in [-0.39, 0.29) is 17.9 Å². The van der Waals surface area contributed by atoms with Gasteiger partial charge in [0.05, 0.1) is 5.69 Å². The number of likely N-dealkylation sites (tertiary alicyclic amines) is 2. The van der Waals surface area contributed by atoms with Gasteiger partial charge in [-0.25, -0.2) is 0 Å². The number of aryl methyl sites for hydroxylation is 1. The van der Waals surface area contributed by atoms with Gasteiger partial charge < -0.3 is 9.80 Å². The van der Waals surface area contributed by atoms with Crippen molar-refractivity contribution in [3.8, 4) is 0 Å². The second-order valence-corrected chi connectivity index (χ2v) is 7.22. The highest BCUT2D eigenvalue weighted by Crippen LogP contribution is 2.27. The number of H-pyrrole nitrogens is 1. The minimum atomic E-state index is 0.0803. The molecule has 2 fully saturated rings. The molecule has 132 valence electrons. The summed E-state index contributed by atoms with van der Waals surface area (Å²) >= 11 is 0. The van der Waals surface area contributed by atoms with Crippen molar-refractivity contribution in [1.29, 1.82) is 0 Å². The van der Waals surface area contributed by atoms with E-state index < -0.39 is 0 Å². The van der Waals surface area contributed by atoms with Crippen LogP contribution in [0, 0.1) is 6.92 Å². The van der Waals surface area contributed by atoms with E-state index in [2.05, 4.69) is 16.3 Å². The number of nitrogens with zero attached hydrogens (tertiary/aromatic N) is 3. The van der Waals surface area contributed by atoms with Gasteiger partial charge in [-0.1, -0.05) is 0 Å². The summed E-state index contributed by atoms with van der Waals surface area (Å²) in [7, 11) is 0. The fourth-order valence-electron chi connectivity index (χ4n) is 4.05. The van der Waals surface area contributed by atoms with Gasteiger partial charge in [-0.05, 0) is 45.1 Å². The first-order valence-electron chi connectivity index (χ1n) is 9.11. The van der Waals surface area contributed by atoms with Gasteiger partial charge in [-0.2, -0.15) is 5.10 Å². The molecule has 0 saturated carbocycles. The van der Waals surface area contributed by atoms with Gasteiger partial charge >= 0.3 is 0 Å². The zero-order valence-corrected chi connectivity index (χ0v) is 14.8. The minimum absolute atomic E-state index is 0.0803. The quantitative estimate of drug-likeness (QED) is 0.923. The lowest BCUT2D eigenvalue weighted by Crippen LogP contribution is -2.47. The Labute approximate surface area is 143 Å². The van der Waals surface area contributed by atoms with Gasteiger partial charge in [0.25, 0.3) is 0 Å². The number of piperidine rings is 2. The topological polar surface area (TPSA) is 69.3 Å². The number of hydrogen-bond acceptors (Lipinski definition) is 3. The summed E-state index contributed by atoms with van der Waals surface area (Å²) in [6.45, 7) is 5.98. The maximum absolute atomic E-state index is 12.8. The largest absolute Gasteiger partial charge is 0.342 e. The molecular formula is C18H28N4O2. The van der Waals surface area contributed by atoms with Crippen LogP contribution in [0.3, 0.4) is 0 Å². The number of nitrogens with one attached hydrogen (secondary N) is 1. The van der Waals surface area contributed by atoms with E-state index >= 15 is 0 Å². The third kappa shape index (κ3) is 3.79. The van der Waals surface area contributed by atoms with Gasteiger partial charge in [0.1, 0.15) is 0 Å². The van der Waals surface area contributed by atoms with Crippen LogP contribution in [0.2, 0.25) is 0 Å². The highest BCUT2D eigenvalue weighted by atomic mass is 16.2. The molecule has 3 rings (SSSR count). The standard InChI is InChI=1S/C18H28N4O2/c1-13-10-17(20-19-13)15-6-5-8-21(12-15)18(24)11-16-7-3-4-9-22(16)14(2)23/h10,15-16H,3-9,11-12H2,1-2H3,(H,19,20). The monoisotopic (exact) mass is 332 g/mol. The molecule has 0 aliphatic carbocycles. The van der Waals surface area contributed by atoms with Crippen LogP contribution in [0.5, 0.6) is 0 Å². The maximum atomic E-state index is 12.8. The predicted molar refractivity (Wildman–Crippen MR) is 91.5 cm³/mol. The van der Waals surface area contributed by atoms with Crippen molar-refractivity contribution >= 4 is 11.8 Å². The average molecular weight is 332 g/mol. The van der Waals surface area contributed by atoms with E-state index in [9.17, 15) is 9.59 Å². The van der Waals surface area contributed by atoms with Crippen LogP contribution >= 0.6 is 0 Å². The minimum Gasteiger partial charge on any atom is -0.342 e. The van der Waals surface area contributed by atoms with E-state index in [0.717, 1.165) is 63.1 Å². The lowest BCUT2D eigenvalue weighted by atomic mass is 9.93. The summed E-state index contributed by atoms with van der Waals surface area (Å²) < 4.78 is 0. The van der Waals surface area contributed by atoms with Gasteiger partial charge in [0.15, 0.2) is 0 Å². The molecule has 0 aromatic carbocycles. The fraction of sp³-hybridized carbons (Fsp3) is 0.722. The van der Waals surface area contributed by atoms with Crippen molar-refractivity contribution in [3.05, 3.63) is 17.5 Å². The van der Waals surface area contributed by atoms with Crippen molar-refractivity contribution < 1.29 is 9.59 Å². The first-order chi connectivity index (χ1) is 11.5. The van der Waals surface area contributed by atoms with Crippen LogP contribution < -0.4 is 0 Å². The molecule has 2 saturated heterocycles. The molecule has 1 aromatic heterocycles. The van der Waals surface area contributed by atoms with Crippen molar-refractivity contribution in [2.45, 2.75) is 64.3 Å². The highest BCUT2D eigenvalue weighted by Gasteiger charge is 2.31. The molecule has 3 heterocycles. The lowest BCUT2D eigenvalue weighted by Gasteiger charge is -2.37. The maximum Gasteiger partial charge on any atom is 0.224 e. The molecule has 1 N–H and O–H groups in total. The van der Waals surface area contributed by atoms with Crippen LogP contribution in [-0.2, 0) is 9.59 Å². The van der Waals surface area contributed by atoms with E-state index in [4.69, 9.17) is 0 Å². The average Bonchev–Trinajstić information content (AvgIpc) is 3.02. The molecule has 0 bridgehead atoms. The molecular weight excluding hydrogens is 304 g/mol. The van der Waals surface area contributed by atoms with Crippen molar-refractivity contribution in [2.75, 3.05) is 19.6 Å². The molecule has 2 aliphatic heterocycles. The Kier molecular flexibility index (Phi) is 5.21. The van der Waals surface area contributed by atoms with Crippen molar-refractivity contribution in [2.24, 2.45) is 0 Å². The van der Waals surface area contributed by atoms with Crippen LogP contribution in [0.25, 0.3) is 0 Å². The summed E-state index contributed by atoms with van der Waals surface area (Å²) in [6.07, 6.45) is 5.67. The Bertz CT molecular complexity index is 598. The van der Waals surface area contributed by atoms with E-state index in [0.29, 0.717) is 12.3 Å². The predicted octanol–water partition coefficient (Wildman–Crippen LogP) is 2.22. The number of rotatable bonds is 3. The Morgan fingerprint density at radius 3 is 2.79 bits per heavy atom. The summed E-state index contributed by atoms with van der Waals surface area (Å²) in [6, 6.07) is 2.16. The van der Waals surface area contributed by atoms with Crippen LogP contribution in [-0.4, -0.2) is 57.5 Å². The fourth-order valence-corrected chi connectivity index (χ4v) is 4.05. The molecule has 2 aliphatic rings. The second kappa shape index (κ2) is 7.36. The Hall–Kier alpha value is -1.85. The summed E-state index contributed by atoms with van der Waals surface area (Å²) in [5, 5.41) is 7.36. The highest BCUT2D eigenvalue weighted by molar-refractivity contribution is 5.79. The summed E-state index contributed by atoms with van der Waals surface area (Å²) in [5.74, 6) is 0.601. The first-order valence-corrected chi connectivity index (χ1v) is 9.11. The summed E-state index contributed by atoms with van der Waals surface area (Å²) in [5.41, 5.74) is 2.13. The molecule has 0 spiro atoms. The summed E-state index contributed by atoms with van der Waals surface area (Å²) in [4.78, 5) is 28.4. The smallest absolute Gasteiger partial charge is 0.224 e. The van der Waals surface area contributed by atoms with Crippen LogP contribution in [0.4, 0.5) is 0 Å². The SMILES string of the molecule is CC(=O)N1CCCCC1CC(=O)N1CCCC(c2cc(C)[nH]n2)C1. The van der Waals surface area contributed by atoms with E-state index in [1.165, 1.54) is 0 Å². The number of aromatic nitrogens is 2. The zero-order valence-electron chi connectivity index (χ0n) is 14.8. The molecule has 2 unspecified atom stereocenters. The number of hydrogen-bond donors (Lipinski definition) is 1. The third-order valence-electron chi connectivity index (χ3n) is 5.36.